The third kappa shape index (κ3) is 3.59. The molecule has 4 heteroatoms. The van der Waals surface area contributed by atoms with Gasteiger partial charge in [0.15, 0.2) is 0 Å². The molecule has 0 aromatic heterocycles. The number of hydrogen-bond donors (Lipinski definition) is 1. The van der Waals surface area contributed by atoms with Crippen LogP contribution in [0.5, 0.6) is 0 Å². The first-order valence-corrected chi connectivity index (χ1v) is 6.32. The molecule has 1 aliphatic heterocycles. The highest BCUT2D eigenvalue weighted by atomic mass is 35.5. The minimum absolute atomic E-state index is 0. The normalized spacial score (nSPS) is 20.3. The maximum atomic E-state index is 6.27. The van der Waals surface area contributed by atoms with E-state index in [-0.39, 0.29) is 12.4 Å². The van der Waals surface area contributed by atoms with E-state index in [4.69, 9.17) is 17.3 Å². The molecule has 2 rings (SSSR count). The third-order valence-corrected chi connectivity index (χ3v) is 3.64. The van der Waals surface area contributed by atoms with E-state index in [1.807, 2.05) is 12.1 Å². The predicted molar refractivity (Wildman–Crippen MR) is 75.9 cm³/mol. The molecule has 17 heavy (non-hydrogen) atoms. The highest BCUT2D eigenvalue weighted by Crippen LogP contribution is 2.23. The molecule has 2 nitrogen and oxygen atoms in total. The summed E-state index contributed by atoms with van der Waals surface area (Å²) in [6.45, 7) is 5.20. The van der Waals surface area contributed by atoms with Crippen molar-refractivity contribution in [1.82, 2.24) is 4.90 Å². The summed E-state index contributed by atoms with van der Waals surface area (Å²) in [5.41, 5.74) is 8.55. The first kappa shape index (κ1) is 14.8. The van der Waals surface area contributed by atoms with Gasteiger partial charge >= 0.3 is 0 Å². The molecule has 0 aliphatic carbocycles. The zero-order valence-corrected chi connectivity index (χ0v) is 11.7. The Morgan fingerprint density at radius 2 is 2.24 bits per heavy atom. The summed E-state index contributed by atoms with van der Waals surface area (Å²) in [6, 6.07) is 6.51. The average molecular weight is 275 g/mol. The number of rotatable bonds is 3. The van der Waals surface area contributed by atoms with Crippen LogP contribution >= 0.6 is 24.0 Å². The highest BCUT2D eigenvalue weighted by Gasteiger charge is 2.20. The fraction of sp³-hybridized carbons (Fsp3) is 0.538. The molecule has 0 spiro atoms. The maximum absolute atomic E-state index is 6.27. The molecule has 1 aromatic carbocycles. The summed E-state index contributed by atoms with van der Waals surface area (Å²) in [5, 5.41) is 0.889. The van der Waals surface area contributed by atoms with Crippen LogP contribution in [-0.4, -0.2) is 24.0 Å². The Kier molecular flexibility index (Phi) is 5.74. The third-order valence-electron chi connectivity index (χ3n) is 3.29. The van der Waals surface area contributed by atoms with Crippen molar-refractivity contribution in [2.45, 2.75) is 32.4 Å². The Labute approximate surface area is 115 Å². The van der Waals surface area contributed by atoms with Gasteiger partial charge in [-0.3, -0.25) is 4.90 Å². The Balaban J connectivity index is 0.00000144. The fourth-order valence-corrected chi connectivity index (χ4v) is 2.60. The molecule has 96 valence electrons. The quantitative estimate of drug-likeness (QED) is 0.919. The van der Waals surface area contributed by atoms with Crippen LogP contribution in [-0.2, 0) is 13.0 Å². The average Bonchev–Trinajstić information content (AvgIpc) is 2.67. The Morgan fingerprint density at radius 1 is 1.47 bits per heavy atom. The number of aryl methyl sites for hydroxylation is 1. The van der Waals surface area contributed by atoms with Crippen LogP contribution in [0.2, 0.25) is 5.02 Å². The van der Waals surface area contributed by atoms with Gasteiger partial charge < -0.3 is 5.73 Å². The zero-order chi connectivity index (χ0) is 11.5. The lowest BCUT2D eigenvalue weighted by molar-refractivity contribution is 0.326. The van der Waals surface area contributed by atoms with Crippen LogP contribution < -0.4 is 5.73 Å². The lowest BCUT2D eigenvalue weighted by Crippen LogP contribution is -2.26. The Hall–Kier alpha value is -0.280. The molecule has 1 heterocycles. The number of hydrogen-bond acceptors (Lipinski definition) is 2. The van der Waals surface area contributed by atoms with Gasteiger partial charge in [0.05, 0.1) is 0 Å². The Morgan fingerprint density at radius 3 is 2.82 bits per heavy atom. The fourth-order valence-electron chi connectivity index (χ4n) is 2.34. The molecular weight excluding hydrogens is 255 g/mol. The van der Waals surface area contributed by atoms with Crippen molar-refractivity contribution in [3.63, 3.8) is 0 Å². The van der Waals surface area contributed by atoms with Crippen molar-refractivity contribution in [1.29, 1.82) is 0 Å². The largest absolute Gasteiger partial charge is 0.326 e. The van der Waals surface area contributed by atoms with E-state index in [2.05, 4.69) is 17.9 Å². The molecule has 0 saturated carbocycles. The number of nitrogens with zero attached hydrogens (tertiary/aromatic N) is 1. The maximum Gasteiger partial charge on any atom is 0.0453 e. The smallest absolute Gasteiger partial charge is 0.0453 e. The van der Waals surface area contributed by atoms with Crippen LogP contribution in [0.3, 0.4) is 0 Å². The number of nitrogens with two attached hydrogens (primary N) is 1. The summed E-state index contributed by atoms with van der Waals surface area (Å²) in [7, 11) is 0. The van der Waals surface area contributed by atoms with Gasteiger partial charge in [0.1, 0.15) is 0 Å². The van der Waals surface area contributed by atoms with Gasteiger partial charge in [-0.15, -0.1) is 12.4 Å². The summed E-state index contributed by atoms with van der Waals surface area (Å²) < 4.78 is 0. The van der Waals surface area contributed by atoms with Crippen molar-refractivity contribution in [3.8, 4) is 0 Å². The molecule has 0 amide bonds. The van der Waals surface area contributed by atoms with E-state index in [0.29, 0.717) is 6.04 Å². The Bertz CT molecular complexity index is 368. The molecule has 1 saturated heterocycles. The summed E-state index contributed by atoms with van der Waals surface area (Å²) in [6.07, 6.45) is 2.14. The minimum Gasteiger partial charge on any atom is -0.326 e. The van der Waals surface area contributed by atoms with Gasteiger partial charge in [0.25, 0.3) is 0 Å². The second-order valence-electron chi connectivity index (χ2n) is 4.51. The second-order valence-corrected chi connectivity index (χ2v) is 4.92. The molecule has 1 aromatic rings. The summed E-state index contributed by atoms with van der Waals surface area (Å²) in [4.78, 5) is 2.39. The van der Waals surface area contributed by atoms with E-state index in [0.717, 1.165) is 37.5 Å². The lowest BCUT2D eigenvalue weighted by atomic mass is 10.0. The molecular formula is C13H20Cl2N2. The standard InChI is InChI=1S/C13H19ClN2.ClH/c1-2-10-4-3-5-13(14)12(10)9-16-7-6-11(15)8-16;/h3-5,11H,2,6-9,15H2,1H3;1H. The predicted octanol–water partition coefficient (Wildman–Crippen LogP) is 2.86. The topological polar surface area (TPSA) is 29.3 Å². The van der Waals surface area contributed by atoms with Gasteiger partial charge in [0.2, 0.25) is 0 Å². The molecule has 1 unspecified atom stereocenters. The van der Waals surface area contributed by atoms with E-state index in [1.54, 1.807) is 0 Å². The van der Waals surface area contributed by atoms with Crippen LogP contribution in [0.1, 0.15) is 24.5 Å². The SMILES string of the molecule is CCc1cccc(Cl)c1CN1CCC(N)C1.Cl. The van der Waals surface area contributed by atoms with Gasteiger partial charge in [-0.25, -0.2) is 0 Å². The molecule has 1 fully saturated rings. The van der Waals surface area contributed by atoms with Crippen LogP contribution in [0.25, 0.3) is 0 Å². The monoisotopic (exact) mass is 274 g/mol. The van der Waals surface area contributed by atoms with E-state index < -0.39 is 0 Å². The van der Waals surface area contributed by atoms with Gasteiger partial charge in [-0.05, 0) is 30.0 Å². The van der Waals surface area contributed by atoms with Crippen molar-refractivity contribution >= 4 is 24.0 Å². The van der Waals surface area contributed by atoms with Crippen LogP contribution in [0.15, 0.2) is 18.2 Å². The first-order valence-electron chi connectivity index (χ1n) is 5.95. The zero-order valence-electron chi connectivity index (χ0n) is 10.2. The summed E-state index contributed by atoms with van der Waals surface area (Å²) in [5.74, 6) is 0. The van der Waals surface area contributed by atoms with Crippen molar-refractivity contribution < 1.29 is 0 Å². The number of benzene rings is 1. The lowest BCUT2D eigenvalue weighted by Gasteiger charge is -2.18. The number of likely N-dealkylation sites (tertiary alicyclic amines) is 1. The van der Waals surface area contributed by atoms with E-state index in [1.165, 1.54) is 11.1 Å². The number of halogens is 2. The van der Waals surface area contributed by atoms with Crippen LogP contribution in [0, 0.1) is 0 Å². The molecule has 0 radical (unpaired) electrons. The van der Waals surface area contributed by atoms with Gasteiger partial charge in [-0.1, -0.05) is 30.7 Å². The van der Waals surface area contributed by atoms with E-state index in [9.17, 15) is 0 Å². The minimum atomic E-state index is 0. The van der Waals surface area contributed by atoms with E-state index >= 15 is 0 Å². The molecule has 1 aliphatic rings. The molecule has 0 bridgehead atoms. The first-order chi connectivity index (χ1) is 7.70. The second kappa shape index (κ2) is 6.60. The molecule has 1 atom stereocenters. The van der Waals surface area contributed by atoms with Crippen LogP contribution in [0.4, 0.5) is 0 Å². The molecule has 2 N–H and O–H groups in total. The van der Waals surface area contributed by atoms with Crippen molar-refractivity contribution in [2.24, 2.45) is 5.73 Å². The van der Waals surface area contributed by atoms with Gasteiger partial charge in [-0.2, -0.15) is 0 Å². The summed E-state index contributed by atoms with van der Waals surface area (Å²) >= 11 is 6.27. The highest BCUT2D eigenvalue weighted by molar-refractivity contribution is 6.31. The van der Waals surface area contributed by atoms with Gasteiger partial charge in [0, 0.05) is 30.7 Å². The van der Waals surface area contributed by atoms with Crippen molar-refractivity contribution in [3.05, 3.63) is 34.3 Å². The van der Waals surface area contributed by atoms with Crippen molar-refractivity contribution in [2.75, 3.05) is 13.1 Å².